The summed E-state index contributed by atoms with van der Waals surface area (Å²) >= 11 is 0. The molecule has 3 rings (SSSR count). The summed E-state index contributed by atoms with van der Waals surface area (Å²) in [7, 11) is 0. The predicted molar refractivity (Wildman–Crippen MR) is 323 cm³/mol. The van der Waals surface area contributed by atoms with Crippen molar-refractivity contribution in [2.24, 2.45) is 0 Å². The zero-order valence-electron chi connectivity index (χ0n) is 52.2. The number of amides is 1. The van der Waals surface area contributed by atoms with Crippen LogP contribution in [0.3, 0.4) is 0 Å². The number of hydrogen-bond donors (Lipinski definition) is 12. The van der Waals surface area contributed by atoms with Crippen LogP contribution in [0.25, 0.3) is 0 Å². The molecule has 17 atom stereocenters. The van der Waals surface area contributed by atoms with Crippen molar-refractivity contribution in [2.75, 3.05) is 26.4 Å². The summed E-state index contributed by atoms with van der Waals surface area (Å²) in [6.45, 7) is 1.51. The first-order valence-corrected chi connectivity index (χ1v) is 33.9. The Bertz CT molecular complexity index is 1580. The number of aliphatic hydroxyl groups is 11. The number of aliphatic hydroxyl groups excluding tert-OH is 11. The standard InChI is InChI=1S/C65H123NO18/c1-3-5-7-8-9-10-11-12-13-14-15-16-17-18-19-20-21-22-23-24-25-26-27-28-29-30-31-32-33-34-35-36-37-38-39-41-43-53(71)66-48(49(70)42-40-6-4-2)47-79-63-59(77)56(74)61(51(45-68)81-63)84-65-60(78)57(75)62(52(46-69)82-65)83-64-58(76)55(73)54(72)50(44-67)80-64/h40,42,48-52,54-65,67-70,72-78H,3-39,41,43-47H2,1-2H3,(H,66,71)/b42-40+. The van der Waals surface area contributed by atoms with Gasteiger partial charge in [-0.1, -0.05) is 257 Å². The van der Waals surface area contributed by atoms with Crippen LogP contribution in [0.15, 0.2) is 12.2 Å². The first-order valence-electron chi connectivity index (χ1n) is 33.9. The van der Waals surface area contributed by atoms with Crippen LogP contribution in [-0.2, 0) is 33.2 Å². The molecule has 0 bridgehead atoms. The van der Waals surface area contributed by atoms with Gasteiger partial charge in [-0.3, -0.25) is 4.79 Å². The minimum Gasteiger partial charge on any atom is -0.394 e. The summed E-state index contributed by atoms with van der Waals surface area (Å²) in [5, 5.41) is 119. The molecule has 12 N–H and O–H groups in total. The van der Waals surface area contributed by atoms with Crippen molar-refractivity contribution in [3.05, 3.63) is 12.2 Å². The van der Waals surface area contributed by atoms with Gasteiger partial charge in [-0.25, -0.2) is 0 Å². The summed E-state index contributed by atoms with van der Waals surface area (Å²) < 4.78 is 34.0. The third-order valence-corrected chi connectivity index (χ3v) is 17.3. The molecule has 3 fully saturated rings. The first-order chi connectivity index (χ1) is 40.8. The van der Waals surface area contributed by atoms with E-state index in [2.05, 4.69) is 12.2 Å². The van der Waals surface area contributed by atoms with Crippen molar-refractivity contribution in [1.82, 2.24) is 5.32 Å². The van der Waals surface area contributed by atoms with E-state index in [0.29, 0.717) is 12.8 Å². The van der Waals surface area contributed by atoms with E-state index in [0.717, 1.165) is 25.7 Å². The lowest BCUT2D eigenvalue weighted by atomic mass is 9.96. The Balaban J connectivity index is 1.20. The minimum absolute atomic E-state index is 0.246. The number of allylic oxidation sites excluding steroid dienone is 1. The molecule has 0 radical (unpaired) electrons. The maximum absolute atomic E-state index is 13.2. The van der Waals surface area contributed by atoms with E-state index in [1.165, 1.54) is 205 Å². The lowest BCUT2D eigenvalue weighted by molar-refractivity contribution is -0.379. The van der Waals surface area contributed by atoms with Gasteiger partial charge in [-0.05, 0) is 12.8 Å². The largest absolute Gasteiger partial charge is 0.394 e. The molecule has 19 nitrogen and oxygen atoms in total. The quantitative estimate of drug-likeness (QED) is 0.0202. The van der Waals surface area contributed by atoms with Gasteiger partial charge in [0, 0.05) is 6.42 Å². The van der Waals surface area contributed by atoms with E-state index in [-0.39, 0.29) is 18.9 Å². The third kappa shape index (κ3) is 30.8. The highest BCUT2D eigenvalue weighted by molar-refractivity contribution is 5.76. The van der Waals surface area contributed by atoms with Crippen molar-refractivity contribution in [2.45, 2.75) is 369 Å². The molecule has 84 heavy (non-hydrogen) atoms. The van der Waals surface area contributed by atoms with Gasteiger partial charge in [0.1, 0.15) is 73.2 Å². The molecular weight excluding hydrogens is 1080 g/mol. The van der Waals surface area contributed by atoms with E-state index in [1.807, 2.05) is 6.92 Å². The fraction of sp³-hybridized carbons (Fsp3) is 0.954. The molecule has 19 heteroatoms. The Morgan fingerprint density at radius 1 is 0.417 bits per heavy atom. The van der Waals surface area contributed by atoms with E-state index < -0.39 is 124 Å². The first kappa shape index (κ1) is 76.8. The Morgan fingerprint density at radius 2 is 0.738 bits per heavy atom. The van der Waals surface area contributed by atoms with Crippen LogP contribution in [0.1, 0.15) is 264 Å². The van der Waals surface area contributed by atoms with Crippen LogP contribution >= 0.6 is 0 Å². The zero-order chi connectivity index (χ0) is 61.2. The summed E-state index contributed by atoms with van der Waals surface area (Å²) in [5.41, 5.74) is 0. The molecule has 3 aliphatic heterocycles. The Labute approximate surface area is 506 Å². The van der Waals surface area contributed by atoms with Gasteiger partial charge in [0.25, 0.3) is 0 Å². The second-order valence-electron chi connectivity index (χ2n) is 24.7. The van der Waals surface area contributed by atoms with Gasteiger partial charge < -0.3 is 89.9 Å². The Kier molecular flexibility index (Phi) is 44.2. The molecule has 0 saturated carbocycles. The van der Waals surface area contributed by atoms with Crippen molar-refractivity contribution in [3.63, 3.8) is 0 Å². The molecule has 0 aromatic rings. The number of ether oxygens (including phenoxy) is 6. The molecule has 1 amide bonds. The molecule has 17 unspecified atom stereocenters. The van der Waals surface area contributed by atoms with Crippen molar-refractivity contribution in [3.8, 4) is 0 Å². The third-order valence-electron chi connectivity index (χ3n) is 17.3. The SMILES string of the molecule is CCC/C=C/C(O)C(COC1OC(CO)C(OC2OC(CO)C(OC3OC(CO)C(O)C(O)C3O)C(O)C2O)C(O)C1O)NC(=O)CCCCCCCCCCCCCCCCCCCCCCCCCCCCCCCCCCCCCC. The monoisotopic (exact) mass is 1210 g/mol. The number of carbonyl (C=O) groups excluding carboxylic acids is 1. The van der Waals surface area contributed by atoms with Crippen LogP contribution in [0, 0.1) is 0 Å². The number of rotatable bonds is 52. The summed E-state index contributed by atoms with van der Waals surface area (Å²) in [6, 6.07) is -0.964. The molecule has 0 aromatic heterocycles. The smallest absolute Gasteiger partial charge is 0.220 e. The molecule has 3 saturated heterocycles. The minimum atomic E-state index is -1.97. The van der Waals surface area contributed by atoms with E-state index >= 15 is 0 Å². The second-order valence-corrected chi connectivity index (χ2v) is 24.7. The van der Waals surface area contributed by atoms with Crippen LogP contribution in [0.2, 0.25) is 0 Å². The second kappa shape index (κ2) is 48.4. The van der Waals surface area contributed by atoms with E-state index in [4.69, 9.17) is 28.4 Å². The average Bonchev–Trinajstić information content (AvgIpc) is 3.18. The van der Waals surface area contributed by atoms with Crippen LogP contribution in [0.5, 0.6) is 0 Å². The lowest BCUT2D eigenvalue weighted by Crippen LogP contribution is -2.66. The number of hydrogen-bond acceptors (Lipinski definition) is 18. The summed E-state index contributed by atoms with van der Waals surface area (Å²) in [6.07, 6.45) is 26.7. The maximum Gasteiger partial charge on any atom is 0.220 e. The van der Waals surface area contributed by atoms with Crippen molar-refractivity contribution in [1.29, 1.82) is 0 Å². The molecule has 0 spiro atoms. The van der Waals surface area contributed by atoms with Gasteiger partial charge in [0.05, 0.1) is 38.6 Å². The van der Waals surface area contributed by atoms with Gasteiger partial charge in [0.15, 0.2) is 18.9 Å². The fourth-order valence-corrected chi connectivity index (χ4v) is 11.8. The summed E-state index contributed by atoms with van der Waals surface area (Å²) in [4.78, 5) is 13.2. The normalized spacial score (nSPS) is 29.2. The number of nitrogens with one attached hydrogen (secondary N) is 1. The van der Waals surface area contributed by atoms with Gasteiger partial charge >= 0.3 is 0 Å². The summed E-state index contributed by atoms with van der Waals surface area (Å²) in [5.74, 6) is -0.283. The molecule has 496 valence electrons. The maximum atomic E-state index is 13.2. The Morgan fingerprint density at radius 3 is 1.10 bits per heavy atom. The topological polar surface area (TPSA) is 307 Å². The lowest BCUT2D eigenvalue weighted by Gasteiger charge is -2.48. The number of unbranched alkanes of at least 4 members (excludes halogenated alkanes) is 36. The van der Waals surface area contributed by atoms with Crippen LogP contribution in [-0.4, -0.2) is 193 Å². The number of carbonyl (C=O) groups is 1. The highest BCUT2D eigenvalue weighted by atomic mass is 16.8. The fourth-order valence-electron chi connectivity index (χ4n) is 11.8. The van der Waals surface area contributed by atoms with Crippen LogP contribution < -0.4 is 5.32 Å². The van der Waals surface area contributed by atoms with Gasteiger partial charge in [-0.15, -0.1) is 0 Å². The molecule has 3 heterocycles. The zero-order valence-corrected chi connectivity index (χ0v) is 52.2. The van der Waals surface area contributed by atoms with Crippen molar-refractivity contribution >= 4 is 5.91 Å². The van der Waals surface area contributed by atoms with Crippen molar-refractivity contribution < 1.29 is 89.4 Å². The highest BCUT2D eigenvalue weighted by Gasteiger charge is 2.53. The van der Waals surface area contributed by atoms with E-state index in [9.17, 15) is 61.0 Å². The molecular formula is C65H123NO18. The predicted octanol–water partition coefficient (Wildman–Crippen LogP) is 8.11. The average molecular weight is 1210 g/mol. The van der Waals surface area contributed by atoms with Gasteiger partial charge in [-0.2, -0.15) is 0 Å². The van der Waals surface area contributed by atoms with Gasteiger partial charge in [0.2, 0.25) is 5.91 Å². The molecule has 0 aliphatic carbocycles. The van der Waals surface area contributed by atoms with Crippen LogP contribution in [0.4, 0.5) is 0 Å². The highest BCUT2D eigenvalue weighted by Crippen LogP contribution is 2.33. The Hall–Kier alpha value is -1.47. The molecule has 0 aromatic carbocycles. The molecule has 3 aliphatic rings. The van der Waals surface area contributed by atoms with E-state index in [1.54, 1.807) is 12.2 Å².